The van der Waals surface area contributed by atoms with Crippen LogP contribution in [0, 0.1) is 0 Å². The summed E-state index contributed by atoms with van der Waals surface area (Å²) in [5.74, 6) is 2.51. The van der Waals surface area contributed by atoms with Gasteiger partial charge in [0.15, 0.2) is 0 Å². The van der Waals surface area contributed by atoms with Crippen LogP contribution in [0.5, 0.6) is 17.4 Å². The minimum absolute atomic E-state index is 0.686. The molecule has 0 bridgehead atoms. The quantitative estimate of drug-likeness (QED) is 0.198. The Labute approximate surface area is 241 Å². The highest BCUT2D eigenvalue weighted by Gasteiger charge is 2.17. The number of likely N-dealkylation sites (tertiary alicyclic amines) is 2. The average molecular weight is 558 g/mol. The van der Waals surface area contributed by atoms with Gasteiger partial charge >= 0.3 is 0 Å². The zero-order valence-corrected chi connectivity index (χ0v) is 24.3. The molecule has 4 heterocycles. The first kappa shape index (κ1) is 27.1. The highest BCUT2D eigenvalue weighted by Crippen LogP contribution is 2.41. The van der Waals surface area contributed by atoms with Crippen LogP contribution >= 0.6 is 11.3 Å². The van der Waals surface area contributed by atoms with Crippen molar-refractivity contribution >= 4 is 21.4 Å². The zero-order chi connectivity index (χ0) is 27.1. The molecule has 2 saturated heterocycles. The number of thiophene rings is 1. The summed E-state index contributed by atoms with van der Waals surface area (Å²) in [6, 6.07) is 19.1. The van der Waals surface area contributed by atoms with Gasteiger partial charge in [0.05, 0.1) is 7.11 Å². The number of pyridine rings is 1. The lowest BCUT2D eigenvalue weighted by molar-refractivity contribution is 0.232. The standard InChI is InChI=1S/C33H39N3O3S/c1-37-28-11-12-29-30(22-25-6-13-32(34-24-25)39-21-19-36-16-4-5-17-36)33(40-31(29)23-28)26-7-9-27(10-8-26)38-20-18-35-14-2-3-15-35/h6-13,23-24H,2-5,14-22H2,1H3. The predicted molar refractivity (Wildman–Crippen MR) is 163 cm³/mol. The lowest BCUT2D eigenvalue weighted by Gasteiger charge is -2.15. The Kier molecular flexibility index (Phi) is 8.81. The molecule has 0 spiro atoms. The minimum Gasteiger partial charge on any atom is -0.497 e. The molecular formula is C33H39N3O3S. The van der Waals surface area contributed by atoms with Crippen molar-refractivity contribution in [2.24, 2.45) is 0 Å². The molecule has 2 aliphatic rings. The van der Waals surface area contributed by atoms with Crippen molar-refractivity contribution in [2.45, 2.75) is 32.1 Å². The van der Waals surface area contributed by atoms with Crippen molar-refractivity contribution in [3.63, 3.8) is 0 Å². The van der Waals surface area contributed by atoms with Crippen molar-refractivity contribution in [3.05, 3.63) is 71.9 Å². The van der Waals surface area contributed by atoms with Crippen LogP contribution < -0.4 is 14.2 Å². The Morgan fingerprint density at radius 3 is 2.10 bits per heavy atom. The Balaban J connectivity index is 1.17. The molecule has 0 atom stereocenters. The second kappa shape index (κ2) is 13.0. The maximum atomic E-state index is 6.06. The number of rotatable bonds is 12. The Morgan fingerprint density at radius 1 is 0.775 bits per heavy atom. The fourth-order valence-electron chi connectivity index (χ4n) is 5.76. The van der Waals surface area contributed by atoms with Crippen molar-refractivity contribution in [2.75, 3.05) is 59.6 Å². The summed E-state index contributed by atoms with van der Waals surface area (Å²) in [6.07, 6.45) is 7.98. The van der Waals surface area contributed by atoms with Gasteiger partial charge in [-0.1, -0.05) is 6.07 Å². The van der Waals surface area contributed by atoms with Gasteiger partial charge in [0, 0.05) is 41.4 Å². The number of benzene rings is 2. The number of hydrogen-bond donors (Lipinski definition) is 0. The van der Waals surface area contributed by atoms with E-state index in [9.17, 15) is 0 Å². The maximum absolute atomic E-state index is 6.06. The van der Waals surface area contributed by atoms with Gasteiger partial charge in [-0.3, -0.25) is 9.80 Å². The van der Waals surface area contributed by atoms with E-state index in [1.165, 1.54) is 83.5 Å². The molecule has 2 aromatic heterocycles. The summed E-state index contributed by atoms with van der Waals surface area (Å²) in [6.45, 7) is 8.17. The molecule has 7 heteroatoms. The molecule has 210 valence electrons. The first-order valence-electron chi connectivity index (χ1n) is 14.6. The number of nitrogens with zero attached hydrogens (tertiary/aromatic N) is 3. The molecule has 0 radical (unpaired) electrons. The van der Waals surface area contributed by atoms with E-state index in [1.54, 1.807) is 7.11 Å². The highest BCUT2D eigenvalue weighted by molar-refractivity contribution is 7.22. The molecule has 2 aromatic carbocycles. The van der Waals surface area contributed by atoms with Crippen LogP contribution in [0.2, 0.25) is 0 Å². The van der Waals surface area contributed by atoms with Crippen LogP contribution in [-0.4, -0.2) is 74.4 Å². The van der Waals surface area contributed by atoms with Crippen molar-refractivity contribution in [3.8, 4) is 27.8 Å². The van der Waals surface area contributed by atoms with E-state index in [0.29, 0.717) is 12.5 Å². The second-order valence-corrected chi connectivity index (χ2v) is 11.8. The Bertz CT molecular complexity index is 1370. The lowest BCUT2D eigenvalue weighted by atomic mass is 9.99. The van der Waals surface area contributed by atoms with Crippen LogP contribution in [0.1, 0.15) is 36.8 Å². The Morgan fingerprint density at radius 2 is 1.45 bits per heavy atom. The summed E-state index contributed by atoms with van der Waals surface area (Å²) in [5.41, 5.74) is 3.69. The van der Waals surface area contributed by atoms with Gasteiger partial charge in [-0.05, 0) is 116 Å². The maximum Gasteiger partial charge on any atom is 0.213 e. The molecule has 2 fully saturated rings. The first-order chi connectivity index (χ1) is 19.7. The summed E-state index contributed by atoms with van der Waals surface area (Å²) in [7, 11) is 1.72. The number of hydrogen-bond acceptors (Lipinski definition) is 7. The van der Waals surface area contributed by atoms with Crippen LogP contribution in [0.15, 0.2) is 60.8 Å². The Hall–Kier alpha value is -3.13. The monoisotopic (exact) mass is 557 g/mol. The van der Waals surface area contributed by atoms with Crippen LogP contribution in [-0.2, 0) is 6.42 Å². The SMILES string of the molecule is COc1ccc2c(Cc3ccc(OCCN4CCCC4)nc3)c(-c3ccc(OCCN4CCCC4)cc3)sc2c1. The molecule has 4 aromatic rings. The molecule has 0 amide bonds. The molecule has 40 heavy (non-hydrogen) atoms. The van der Waals surface area contributed by atoms with E-state index in [0.717, 1.165) is 37.6 Å². The van der Waals surface area contributed by atoms with E-state index in [1.807, 2.05) is 23.6 Å². The molecule has 2 aliphatic heterocycles. The molecule has 0 aliphatic carbocycles. The van der Waals surface area contributed by atoms with Gasteiger partial charge in [-0.2, -0.15) is 0 Å². The highest BCUT2D eigenvalue weighted by atomic mass is 32.1. The number of ether oxygens (including phenoxy) is 3. The van der Waals surface area contributed by atoms with Crippen LogP contribution in [0.3, 0.4) is 0 Å². The fraction of sp³-hybridized carbons (Fsp3) is 0.424. The van der Waals surface area contributed by atoms with Crippen molar-refractivity contribution < 1.29 is 14.2 Å². The molecule has 0 N–H and O–H groups in total. The third kappa shape index (κ3) is 6.60. The zero-order valence-electron chi connectivity index (χ0n) is 23.4. The summed E-state index contributed by atoms with van der Waals surface area (Å²) in [4.78, 5) is 10.8. The van der Waals surface area contributed by atoms with Crippen molar-refractivity contribution in [1.29, 1.82) is 0 Å². The van der Waals surface area contributed by atoms with Gasteiger partial charge in [0.2, 0.25) is 5.88 Å². The molecule has 6 nitrogen and oxygen atoms in total. The van der Waals surface area contributed by atoms with E-state index >= 15 is 0 Å². The van der Waals surface area contributed by atoms with Crippen LogP contribution in [0.25, 0.3) is 20.5 Å². The summed E-state index contributed by atoms with van der Waals surface area (Å²) >= 11 is 1.82. The van der Waals surface area contributed by atoms with Gasteiger partial charge < -0.3 is 14.2 Å². The smallest absolute Gasteiger partial charge is 0.213 e. The first-order valence-corrected chi connectivity index (χ1v) is 15.4. The summed E-state index contributed by atoms with van der Waals surface area (Å²) < 4.78 is 18.8. The predicted octanol–water partition coefficient (Wildman–Crippen LogP) is 6.51. The van der Waals surface area contributed by atoms with Crippen molar-refractivity contribution in [1.82, 2.24) is 14.8 Å². The second-order valence-electron chi connectivity index (χ2n) is 10.8. The average Bonchev–Trinajstić information content (AvgIpc) is 3.77. The molecule has 6 rings (SSSR count). The molecular weight excluding hydrogens is 518 g/mol. The van der Waals surface area contributed by atoms with E-state index < -0.39 is 0 Å². The normalized spacial score (nSPS) is 16.1. The topological polar surface area (TPSA) is 47.1 Å². The van der Waals surface area contributed by atoms with Gasteiger partial charge in [0.25, 0.3) is 0 Å². The molecule has 0 unspecified atom stereocenters. The summed E-state index contributed by atoms with van der Waals surface area (Å²) in [5, 5.41) is 1.26. The number of aromatic nitrogens is 1. The minimum atomic E-state index is 0.686. The van der Waals surface area contributed by atoms with E-state index in [4.69, 9.17) is 14.2 Å². The van der Waals surface area contributed by atoms with E-state index in [2.05, 4.69) is 63.3 Å². The van der Waals surface area contributed by atoms with Gasteiger partial charge in [-0.15, -0.1) is 11.3 Å². The van der Waals surface area contributed by atoms with Gasteiger partial charge in [-0.25, -0.2) is 4.98 Å². The largest absolute Gasteiger partial charge is 0.497 e. The molecule has 0 saturated carbocycles. The van der Waals surface area contributed by atoms with Gasteiger partial charge in [0.1, 0.15) is 24.7 Å². The third-order valence-electron chi connectivity index (χ3n) is 8.03. The lowest BCUT2D eigenvalue weighted by Crippen LogP contribution is -2.25. The number of fused-ring (bicyclic) bond motifs is 1. The van der Waals surface area contributed by atoms with Crippen LogP contribution in [0.4, 0.5) is 0 Å². The fourth-order valence-corrected chi connectivity index (χ4v) is 7.01. The third-order valence-corrected chi connectivity index (χ3v) is 9.27. The number of methoxy groups -OCH3 is 1. The van der Waals surface area contributed by atoms with E-state index in [-0.39, 0.29) is 0 Å².